The highest BCUT2D eigenvalue weighted by Gasteiger charge is 2.40. The second-order valence-corrected chi connectivity index (χ2v) is 7.79. The molecule has 1 aliphatic carbocycles. The second kappa shape index (κ2) is 8.15. The molecule has 0 aromatic carbocycles. The second-order valence-electron chi connectivity index (χ2n) is 6.57. The maximum absolute atomic E-state index is 12.2. The molecule has 1 amide bonds. The summed E-state index contributed by atoms with van der Waals surface area (Å²) in [5, 5.41) is 7.27. The minimum Gasteiger partial charge on any atom is -0.354 e. The standard InChI is InChI=1S/C16H27N5OS/c22-15(4-3-7-21-14-17-13-19-21)18-12-16(5-1-2-6-16)20-8-10-23-11-9-20/h13-14H,1-12H2,(H,18,22). The fourth-order valence-electron chi connectivity index (χ4n) is 3.78. The predicted octanol–water partition coefficient (Wildman–Crippen LogP) is 1.54. The molecule has 0 spiro atoms. The van der Waals surface area contributed by atoms with Gasteiger partial charge in [-0.05, 0) is 19.3 Å². The third-order valence-corrected chi connectivity index (χ3v) is 6.03. The van der Waals surface area contributed by atoms with Crippen molar-refractivity contribution in [3.05, 3.63) is 12.7 Å². The molecule has 2 heterocycles. The fraction of sp³-hybridized carbons (Fsp3) is 0.812. The zero-order valence-corrected chi connectivity index (χ0v) is 14.6. The molecule has 128 valence electrons. The van der Waals surface area contributed by atoms with Crippen molar-refractivity contribution in [2.45, 2.75) is 50.6 Å². The predicted molar refractivity (Wildman–Crippen MR) is 92.4 cm³/mol. The molecule has 1 aromatic heterocycles. The van der Waals surface area contributed by atoms with Crippen molar-refractivity contribution in [2.75, 3.05) is 31.1 Å². The molecule has 3 rings (SSSR count). The van der Waals surface area contributed by atoms with E-state index in [1.165, 1.54) is 56.6 Å². The maximum Gasteiger partial charge on any atom is 0.220 e. The number of nitrogens with zero attached hydrogens (tertiary/aromatic N) is 4. The third-order valence-electron chi connectivity index (χ3n) is 5.09. The Balaban J connectivity index is 1.43. The number of amides is 1. The van der Waals surface area contributed by atoms with Crippen LogP contribution >= 0.6 is 11.8 Å². The van der Waals surface area contributed by atoms with E-state index in [-0.39, 0.29) is 11.4 Å². The molecule has 0 unspecified atom stereocenters. The van der Waals surface area contributed by atoms with Crippen molar-refractivity contribution in [1.82, 2.24) is 25.0 Å². The molecule has 0 atom stereocenters. The summed E-state index contributed by atoms with van der Waals surface area (Å²) in [6.07, 6.45) is 9.65. The molecule has 1 aliphatic heterocycles. The van der Waals surface area contributed by atoms with Crippen molar-refractivity contribution in [3.63, 3.8) is 0 Å². The van der Waals surface area contributed by atoms with Crippen LogP contribution in [0.4, 0.5) is 0 Å². The maximum atomic E-state index is 12.2. The molecule has 23 heavy (non-hydrogen) atoms. The van der Waals surface area contributed by atoms with E-state index in [0.717, 1.165) is 19.5 Å². The number of hydrogen-bond acceptors (Lipinski definition) is 5. The van der Waals surface area contributed by atoms with Crippen LogP contribution in [-0.4, -0.2) is 62.3 Å². The van der Waals surface area contributed by atoms with Crippen LogP contribution in [0.1, 0.15) is 38.5 Å². The van der Waals surface area contributed by atoms with Gasteiger partial charge < -0.3 is 5.32 Å². The van der Waals surface area contributed by atoms with Gasteiger partial charge in [0.15, 0.2) is 0 Å². The van der Waals surface area contributed by atoms with E-state index in [0.29, 0.717) is 6.42 Å². The summed E-state index contributed by atoms with van der Waals surface area (Å²) < 4.78 is 1.77. The molecule has 6 nitrogen and oxygen atoms in total. The number of nitrogens with one attached hydrogen (secondary N) is 1. The minimum atomic E-state index is 0.169. The lowest BCUT2D eigenvalue weighted by Gasteiger charge is -2.43. The van der Waals surface area contributed by atoms with Gasteiger partial charge in [0.25, 0.3) is 0 Å². The summed E-state index contributed by atoms with van der Waals surface area (Å²) in [6, 6.07) is 0. The Kier molecular flexibility index (Phi) is 5.94. The number of thioether (sulfide) groups is 1. The molecule has 0 radical (unpaired) electrons. The van der Waals surface area contributed by atoms with E-state index < -0.39 is 0 Å². The van der Waals surface area contributed by atoms with Crippen molar-refractivity contribution >= 4 is 17.7 Å². The molecule has 1 saturated heterocycles. The van der Waals surface area contributed by atoms with Crippen LogP contribution in [0.25, 0.3) is 0 Å². The van der Waals surface area contributed by atoms with Crippen LogP contribution in [0.15, 0.2) is 12.7 Å². The van der Waals surface area contributed by atoms with Gasteiger partial charge in [0.05, 0.1) is 0 Å². The highest BCUT2D eigenvalue weighted by molar-refractivity contribution is 7.99. The topological polar surface area (TPSA) is 63.1 Å². The Morgan fingerprint density at radius 2 is 2.04 bits per heavy atom. The lowest BCUT2D eigenvalue weighted by Crippen LogP contribution is -2.56. The van der Waals surface area contributed by atoms with Crippen LogP contribution in [-0.2, 0) is 11.3 Å². The zero-order chi connectivity index (χ0) is 16.0. The normalized spacial score (nSPS) is 21.4. The lowest BCUT2D eigenvalue weighted by molar-refractivity contribution is -0.121. The Morgan fingerprint density at radius 3 is 2.74 bits per heavy atom. The summed E-state index contributed by atoms with van der Waals surface area (Å²) in [5.74, 6) is 2.63. The van der Waals surface area contributed by atoms with E-state index >= 15 is 0 Å². The average molecular weight is 337 g/mol. The summed E-state index contributed by atoms with van der Waals surface area (Å²) in [7, 11) is 0. The highest BCUT2D eigenvalue weighted by atomic mass is 32.2. The molecule has 1 saturated carbocycles. The SMILES string of the molecule is O=C(CCCn1cncn1)NCC1(N2CCSCC2)CCCC1. The summed E-state index contributed by atoms with van der Waals surface area (Å²) >= 11 is 2.05. The summed E-state index contributed by atoms with van der Waals surface area (Å²) in [6.45, 7) is 3.92. The van der Waals surface area contributed by atoms with Crippen LogP contribution in [0, 0.1) is 0 Å². The van der Waals surface area contributed by atoms with Gasteiger partial charge in [-0.1, -0.05) is 12.8 Å². The van der Waals surface area contributed by atoms with Gasteiger partial charge in [0, 0.05) is 49.6 Å². The first kappa shape index (κ1) is 16.8. The number of aryl methyl sites for hydroxylation is 1. The molecule has 2 fully saturated rings. The van der Waals surface area contributed by atoms with Crippen molar-refractivity contribution in [1.29, 1.82) is 0 Å². The van der Waals surface area contributed by atoms with Crippen LogP contribution < -0.4 is 5.32 Å². The number of aromatic nitrogens is 3. The summed E-state index contributed by atoms with van der Waals surface area (Å²) in [5.41, 5.74) is 0.225. The zero-order valence-electron chi connectivity index (χ0n) is 13.7. The Hall–Kier alpha value is -1.08. The average Bonchev–Trinajstić information content (AvgIpc) is 3.26. The number of rotatable bonds is 7. The molecule has 2 aliphatic rings. The van der Waals surface area contributed by atoms with Crippen LogP contribution in [0.2, 0.25) is 0 Å². The fourth-order valence-corrected chi connectivity index (χ4v) is 4.68. The molecule has 7 heteroatoms. The van der Waals surface area contributed by atoms with Crippen molar-refractivity contribution in [2.24, 2.45) is 0 Å². The van der Waals surface area contributed by atoms with Crippen LogP contribution in [0.3, 0.4) is 0 Å². The first-order chi connectivity index (χ1) is 11.3. The first-order valence-corrected chi connectivity index (χ1v) is 9.86. The largest absolute Gasteiger partial charge is 0.354 e. The minimum absolute atomic E-state index is 0.169. The van der Waals surface area contributed by atoms with Gasteiger partial charge in [-0.3, -0.25) is 14.4 Å². The lowest BCUT2D eigenvalue weighted by atomic mass is 9.94. The van der Waals surface area contributed by atoms with Crippen molar-refractivity contribution < 1.29 is 4.79 Å². The summed E-state index contributed by atoms with van der Waals surface area (Å²) in [4.78, 5) is 18.7. The molecule has 1 N–H and O–H groups in total. The van der Waals surface area contributed by atoms with Crippen LogP contribution in [0.5, 0.6) is 0 Å². The number of hydrogen-bond donors (Lipinski definition) is 1. The van der Waals surface area contributed by atoms with Gasteiger partial charge in [0.2, 0.25) is 5.91 Å². The monoisotopic (exact) mass is 337 g/mol. The number of carbonyl (C=O) groups is 1. The van der Waals surface area contributed by atoms with E-state index in [1.807, 2.05) is 11.8 Å². The Labute approximate surface area is 142 Å². The molecule has 1 aromatic rings. The Bertz CT molecular complexity index is 481. The number of carbonyl (C=O) groups excluding carboxylic acids is 1. The van der Waals surface area contributed by atoms with Gasteiger partial charge in [-0.25, -0.2) is 4.98 Å². The van der Waals surface area contributed by atoms with Gasteiger partial charge in [0.1, 0.15) is 12.7 Å². The molecular weight excluding hydrogens is 310 g/mol. The van der Waals surface area contributed by atoms with Gasteiger partial charge in [-0.15, -0.1) is 0 Å². The van der Waals surface area contributed by atoms with Crippen molar-refractivity contribution in [3.8, 4) is 0 Å². The first-order valence-electron chi connectivity index (χ1n) is 8.70. The van der Waals surface area contributed by atoms with E-state index in [4.69, 9.17) is 0 Å². The molecule has 0 bridgehead atoms. The van der Waals surface area contributed by atoms with E-state index in [2.05, 4.69) is 20.3 Å². The Morgan fingerprint density at radius 1 is 1.26 bits per heavy atom. The van der Waals surface area contributed by atoms with Gasteiger partial charge in [-0.2, -0.15) is 16.9 Å². The highest BCUT2D eigenvalue weighted by Crippen LogP contribution is 2.36. The van der Waals surface area contributed by atoms with E-state index in [1.54, 1.807) is 11.0 Å². The quantitative estimate of drug-likeness (QED) is 0.818. The molecular formula is C16H27N5OS. The smallest absolute Gasteiger partial charge is 0.220 e. The third kappa shape index (κ3) is 4.47. The van der Waals surface area contributed by atoms with Gasteiger partial charge >= 0.3 is 0 Å². The van der Waals surface area contributed by atoms with E-state index in [9.17, 15) is 4.79 Å².